The number of nitrogens with zero attached hydrogens (tertiary/aromatic N) is 1. The third-order valence-corrected chi connectivity index (χ3v) is 4.70. The fourth-order valence-corrected chi connectivity index (χ4v) is 2.24. The van der Waals surface area contributed by atoms with Crippen molar-refractivity contribution >= 4 is 36.1 Å². The highest BCUT2D eigenvalue weighted by atomic mass is 127. The molecule has 19 heavy (non-hydrogen) atoms. The van der Waals surface area contributed by atoms with Crippen molar-refractivity contribution < 1.29 is 14.3 Å². The SMILES string of the molecule is CCN(CCOC)CCC(C)(C)C(=O)OCCSI. The number of carbonyl (C=O) groups is 1. The smallest absolute Gasteiger partial charge is 0.311 e. The number of ether oxygens (including phenoxy) is 2. The Balaban J connectivity index is 4.07. The van der Waals surface area contributed by atoms with E-state index in [1.807, 2.05) is 13.8 Å². The predicted octanol–water partition coefficient (Wildman–Crippen LogP) is 3.00. The third-order valence-electron chi connectivity index (χ3n) is 3.06. The van der Waals surface area contributed by atoms with Crippen LogP contribution < -0.4 is 0 Å². The molecule has 0 heterocycles. The van der Waals surface area contributed by atoms with E-state index in [2.05, 4.69) is 33.0 Å². The van der Waals surface area contributed by atoms with Crippen molar-refractivity contribution in [2.75, 3.05) is 45.7 Å². The van der Waals surface area contributed by atoms with E-state index in [4.69, 9.17) is 9.47 Å². The first-order chi connectivity index (χ1) is 8.97. The van der Waals surface area contributed by atoms with Gasteiger partial charge < -0.3 is 14.4 Å². The Bertz CT molecular complexity index is 252. The van der Waals surface area contributed by atoms with E-state index < -0.39 is 5.41 Å². The third kappa shape index (κ3) is 9.10. The second-order valence-electron chi connectivity index (χ2n) is 5.01. The second kappa shape index (κ2) is 11.2. The maximum atomic E-state index is 12.0. The minimum absolute atomic E-state index is 0.0965. The van der Waals surface area contributed by atoms with Crippen LogP contribution in [0.25, 0.3) is 0 Å². The molecule has 0 amide bonds. The Labute approximate surface area is 133 Å². The fourth-order valence-electron chi connectivity index (χ4n) is 1.55. The first-order valence-corrected chi connectivity index (χ1v) is 10.1. The quantitative estimate of drug-likeness (QED) is 0.301. The van der Waals surface area contributed by atoms with Crippen LogP contribution in [0.5, 0.6) is 0 Å². The average Bonchev–Trinajstić information content (AvgIpc) is 2.39. The molecule has 0 radical (unpaired) electrons. The van der Waals surface area contributed by atoms with Crippen LogP contribution in [0.4, 0.5) is 0 Å². The van der Waals surface area contributed by atoms with Gasteiger partial charge in [0.25, 0.3) is 0 Å². The molecule has 0 aliphatic rings. The number of hydrogen-bond donors (Lipinski definition) is 0. The van der Waals surface area contributed by atoms with Gasteiger partial charge in [-0.05, 0) is 54.6 Å². The summed E-state index contributed by atoms with van der Waals surface area (Å²) in [6.07, 6.45) is 0.806. The van der Waals surface area contributed by atoms with Gasteiger partial charge in [0.2, 0.25) is 0 Å². The van der Waals surface area contributed by atoms with Crippen LogP contribution in [0.3, 0.4) is 0 Å². The molecule has 4 nitrogen and oxygen atoms in total. The van der Waals surface area contributed by atoms with E-state index >= 15 is 0 Å². The van der Waals surface area contributed by atoms with Crippen molar-refractivity contribution in [3.63, 3.8) is 0 Å². The van der Waals surface area contributed by atoms with Gasteiger partial charge in [0.1, 0.15) is 6.61 Å². The fraction of sp³-hybridized carbons (Fsp3) is 0.923. The first kappa shape index (κ1) is 19.5. The molecule has 0 aromatic heterocycles. The van der Waals surface area contributed by atoms with Gasteiger partial charge in [-0.25, -0.2) is 0 Å². The highest BCUT2D eigenvalue weighted by Crippen LogP contribution is 2.23. The van der Waals surface area contributed by atoms with E-state index in [-0.39, 0.29) is 5.97 Å². The molecule has 0 aromatic rings. The molecule has 0 aromatic carbocycles. The predicted molar refractivity (Wildman–Crippen MR) is 89.8 cm³/mol. The molecule has 0 N–H and O–H groups in total. The number of esters is 1. The van der Waals surface area contributed by atoms with Crippen molar-refractivity contribution in [2.45, 2.75) is 27.2 Å². The van der Waals surface area contributed by atoms with Gasteiger partial charge in [-0.1, -0.05) is 15.9 Å². The number of hydrogen-bond acceptors (Lipinski definition) is 5. The van der Waals surface area contributed by atoms with Crippen LogP contribution >= 0.6 is 30.1 Å². The molecule has 0 fully saturated rings. The molecule has 0 rings (SSSR count). The minimum Gasteiger partial charge on any atom is -0.464 e. The summed E-state index contributed by atoms with van der Waals surface area (Å²) in [5.41, 5.74) is -0.420. The largest absolute Gasteiger partial charge is 0.464 e. The molecule has 0 aliphatic heterocycles. The summed E-state index contributed by atoms with van der Waals surface area (Å²) >= 11 is 2.20. The van der Waals surface area contributed by atoms with E-state index in [1.54, 1.807) is 16.0 Å². The van der Waals surface area contributed by atoms with Crippen LogP contribution in [-0.4, -0.2) is 56.6 Å². The molecular formula is C13H26INO3S. The topological polar surface area (TPSA) is 38.8 Å². The summed E-state index contributed by atoms with van der Waals surface area (Å²) in [6, 6.07) is 0. The van der Waals surface area contributed by atoms with Gasteiger partial charge in [0, 0.05) is 19.4 Å². The van der Waals surface area contributed by atoms with Gasteiger partial charge in [-0.15, -0.1) is 0 Å². The minimum atomic E-state index is -0.420. The molecule has 6 heteroatoms. The maximum Gasteiger partial charge on any atom is 0.311 e. The van der Waals surface area contributed by atoms with Crippen molar-refractivity contribution in [1.82, 2.24) is 4.90 Å². The Kier molecular flexibility index (Phi) is 11.4. The highest BCUT2D eigenvalue weighted by molar-refractivity contribution is 14.2. The van der Waals surface area contributed by atoms with Gasteiger partial charge in [-0.2, -0.15) is 0 Å². The summed E-state index contributed by atoms with van der Waals surface area (Å²) in [4.78, 5) is 14.3. The van der Waals surface area contributed by atoms with Crippen LogP contribution in [0, 0.1) is 5.41 Å². The van der Waals surface area contributed by atoms with Crippen LogP contribution in [-0.2, 0) is 14.3 Å². The molecule has 114 valence electrons. The second-order valence-corrected chi connectivity index (χ2v) is 7.51. The Morgan fingerprint density at radius 1 is 1.32 bits per heavy atom. The molecule has 0 saturated carbocycles. The Morgan fingerprint density at radius 3 is 2.53 bits per heavy atom. The van der Waals surface area contributed by atoms with Crippen LogP contribution in [0.1, 0.15) is 27.2 Å². The Morgan fingerprint density at radius 2 is 2.00 bits per heavy atom. The lowest BCUT2D eigenvalue weighted by atomic mass is 9.89. The number of likely N-dealkylation sites (N-methyl/N-ethyl adjacent to an activating group) is 1. The molecule has 0 saturated heterocycles. The number of rotatable bonds is 11. The number of carbonyl (C=O) groups excluding carboxylic acids is 1. The number of halogens is 1. The lowest BCUT2D eigenvalue weighted by Crippen LogP contribution is -2.35. The standard InChI is InChI=1S/C13H26INO3S/c1-5-15(8-9-17-4)7-6-13(2,3)12(16)18-10-11-19-14/h5-11H2,1-4H3. The van der Waals surface area contributed by atoms with Gasteiger partial charge in [0.15, 0.2) is 0 Å². The summed E-state index contributed by atoms with van der Waals surface area (Å²) in [7, 11) is 3.36. The van der Waals surface area contributed by atoms with E-state index in [0.717, 1.165) is 38.4 Å². The molecule has 0 atom stereocenters. The van der Waals surface area contributed by atoms with Gasteiger partial charge >= 0.3 is 5.97 Å². The zero-order valence-corrected chi connectivity index (χ0v) is 15.4. The summed E-state index contributed by atoms with van der Waals surface area (Å²) in [5, 5.41) is 0. The summed E-state index contributed by atoms with van der Waals surface area (Å²) in [6.45, 7) is 10.0. The highest BCUT2D eigenvalue weighted by Gasteiger charge is 2.29. The lowest BCUT2D eigenvalue weighted by molar-refractivity contribution is -0.153. The van der Waals surface area contributed by atoms with Crippen molar-refractivity contribution in [3.05, 3.63) is 0 Å². The molecule has 0 unspecified atom stereocenters. The molecular weight excluding hydrogens is 377 g/mol. The average molecular weight is 403 g/mol. The van der Waals surface area contributed by atoms with Crippen molar-refractivity contribution in [3.8, 4) is 0 Å². The van der Waals surface area contributed by atoms with Crippen LogP contribution in [0.15, 0.2) is 0 Å². The maximum absolute atomic E-state index is 12.0. The molecule has 0 bridgehead atoms. The molecule has 0 spiro atoms. The lowest BCUT2D eigenvalue weighted by Gasteiger charge is -2.27. The normalized spacial score (nSPS) is 11.9. The van der Waals surface area contributed by atoms with Gasteiger partial charge in [0.05, 0.1) is 12.0 Å². The summed E-state index contributed by atoms with van der Waals surface area (Å²) < 4.78 is 10.4. The van der Waals surface area contributed by atoms with Crippen molar-refractivity contribution in [1.29, 1.82) is 0 Å². The van der Waals surface area contributed by atoms with Crippen LogP contribution in [0.2, 0.25) is 0 Å². The monoisotopic (exact) mass is 403 g/mol. The number of methoxy groups -OCH3 is 1. The first-order valence-electron chi connectivity index (χ1n) is 6.60. The van der Waals surface area contributed by atoms with Crippen molar-refractivity contribution in [2.24, 2.45) is 5.41 Å². The van der Waals surface area contributed by atoms with E-state index in [0.29, 0.717) is 6.61 Å². The van der Waals surface area contributed by atoms with Gasteiger partial charge in [-0.3, -0.25) is 4.79 Å². The Hall–Kier alpha value is 0.470. The zero-order valence-electron chi connectivity index (χ0n) is 12.4. The zero-order chi connectivity index (χ0) is 14.7. The molecule has 0 aliphatic carbocycles. The van der Waals surface area contributed by atoms with E-state index in [9.17, 15) is 4.79 Å². The van der Waals surface area contributed by atoms with E-state index in [1.165, 1.54) is 0 Å². The summed E-state index contributed by atoms with van der Waals surface area (Å²) in [5.74, 6) is 0.748.